The Morgan fingerprint density at radius 3 is 2.75 bits per heavy atom. The molecule has 0 atom stereocenters. The third kappa shape index (κ3) is 2.39. The third-order valence-electron chi connectivity index (χ3n) is 2.49. The molecule has 88 valence electrons. The molecule has 1 aliphatic heterocycles. The zero-order chi connectivity index (χ0) is 11.4. The Labute approximate surface area is 95.7 Å². The van der Waals surface area contributed by atoms with Crippen LogP contribution in [-0.2, 0) is 4.74 Å². The lowest BCUT2D eigenvalue weighted by Crippen LogP contribution is -2.19. The van der Waals surface area contributed by atoms with Crippen LogP contribution in [0.25, 0.3) is 0 Å². The van der Waals surface area contributed by atoms with Crippen molar-refractivity contribution >= 4 is 5.69 Å². The van der Waals surface area contributed by atoms with Crippen molar-refractivity contribution in [2.45, 2.75) is 6.42 Å². The van der Waals surface area contributed by atoms with Crippen molar-refractivity contribution < 1.29 is 14.2 Å². The maximum absolute atomic E-state index is 5.62. The zero-order valence-corrected chi connectivity index (χ0v) is 9.73. The summed E-state index contributed by atoms with van der Waals surface area (Å²) in [7, 11) is 3.66. The van der Waals surface area contributed by atoms with E-state index in [9.17, 15) is 0 Å². The molecule has 0 spiro atoms. The molecule has 0 unspecified atom stereocenters. The minimum atomic E-state index is 0.555. The topological polar surface area (TPSA) is 30.9 Å². The Morgan fingerprint density at radius 2 is 2.00 bits per heavy atom. The van der Waals surface area contributed by atoms with Gasteiger partial charge < -0.3 is 19.1 Å². The number of rotatable bonds is 3. The normalized spacial score (nSPS) is 14.4. The molecular formula is C12H17NO3. The van der Waals surface area contributed by atoms with Crippen LogP contribution in [0.5, 0.6) is 11.5 Å². The first-order chi connectivity index (χ1) is 7.81. The van der Waals surface area contributed by atoms with Gasteiger partial charge in [0.15, 0.2) is 11.5 Å². The predicted molar refractivity (Wildman–Crippen MR) is 62.3 cm³/mol. The van der Waals surface area contributed by atoms with Gasteiger partial charge in [-0.15, -0.1) is 0 Å². The number of hydrogen-bond donors (Lipinski definition) is 0. The van der Waals surface area contributed by atoms with Crippen molar-refractivity contribution in [3.63, 3.8) is 0 Å². The summed E-state index contributed by atoms with van der Waals surface area (Å²) in [6, 6.07) is 5.94. The van der Waals surface area contributed by atoms with E-state index < -0.39 is 0 Å². The van der Waals surface area contributed by atoms with E-state index in [1.807, 2.05) is 30.1 Å². The first-order valence-corrected chi connectivity index (χ1v) is 5.41. The Hall–Kier alpha value is -1.42. The first-order valence-electron chi connectivity index (χ1n) is 5.41. The van der Waals surface area contributed by atoms with Gasteiger partial charge in [-0.05, 0) is 12.1 Å². The van der Waals surface area contributed by atoms with Crippen LogP contribution in [0.2, 0.25) is 0 Å². The summed E-state index contributed by atoms with van der Waals surface area (Å²) in [6.45, 7) is 1.99. The molecule has 0 saturated carbocycles. The van der Waals surface area contributed by atoms with Crippen LogP contribution in [0.1, 0.15) is 6.42 Å². The Balaban J connectivity index is 2.20. The fourth-order valence-electron chi connectivity index (χ4n) is 1.66. The van der Waals surface area contributed by atoms with Crippen LogP contribution >= 0.6 is 0 Å². The summed E-state index contributed by atoms with van der Waals surface area (Å²) in [6.07, 6.45) is 0.928. The van der Waals surface area contributed by atoms with Crippen molar-refractivity contribution in [3.05, 3.63) is 18.2 Å². The molecule has 4 heteroatoms. The maximum atomic E-state index is 5.62. The number of fused-ring (bicyclic) bond motifs is 1. The van der Waals surface area contributed by atoms with E-state index in [2.05, 4.69) is 0 Å². The molecule has 0 saturated heterocycles. The molecule has 0 N–H and O–H groups in total. The number of hydrogen-bond acceptors (Lipinski definition) is 4. The fourth-order valence-corrected chi connectivity index (χ4v) is 1.66. The largest absolute Gasteiger partial charge is 0.490 e. The smallest absolute Gasteiger partial charge is 0.163 e. The quantitative estimate of drug-likeness (QED) is 0.732. The Kier molecular flexibility index (Phi) is 3.51. The standard InChI is InChI=1S/C12H17NO3/c1-13(9-14-2)10-4-5-11-12(8-10)16-7-3-6-15-11/h4-5,8H,3,6-7,9H2,1-2H3. The van der Waals surface area contributed by atoms with E-state index in [-0.39, 0.29) is 0 Å². The van der Waals surface area contributed by atoms with Crippen LogP contribution in [0.15, 0.2) is 18.2 Å². The molecule has 2 rings (SSSR count). The molecule has 16 heavy (non-hydrogen) atoms. The van der Waals surface area contributed by atoms with Crippen LogP contribution in [0, 0.1) is 0 Å². The Morgan fingerprint density at radius 1 is 1.25 bits per heavy atom. The van der Waals surface area contributed by atoms with E-state index >= 15 is 0 Å². The summed E-state index contributed by atoms with van der Waals surface area (Å²) in [4.78, 5) is 2.01. The second-order valence-corrected chi connectivity index (χ2v) is 3.80. The summed E-state index contributed by atoms with van der Waals surface area (Å²) in [5.74, 6) is 1.64. The molecule has 0 amide bonds. The maximum Gasteiger partial charge on any atom is 0.163 e. The second-order valence-electron chi connectivity index (χ2n) is 3.80. The molecule has 1 aliphatic rings. The first kappa shape index (κ1) is 11.1. The highest BCUT2D eigenvalue weighted by molar-refractivity contribution is 5.56. The second kappa shape index (κ2) is 5.07. The SMILES string of the molecule is COCN(C)c1ccc2c(c1)OCCCO2. The van der Waals surface area contributed by atoms with E-state index in [0.29, 0.717) is 13.3 Å². The molecule has 1 heterocycles. The van der Waals surface area contributed by atoms with Gasteiger partial charge in [0.25, 0.3) is 0 Å². The minimum Gasteiger partial charge on any atom is -0.490 e. The van der Waals surface area contributed by atoms with Gasteiger partial charge in [0.05, 0.1) is 13.2 Å². The van der Waals surface area contributed by atoms with Crippen molar-refractivity contribution in [1.82, 2.24) is 0 Å². The summed E-state index contributed by atoms with van der Waals surface area (Å²) in [5.41, 5.74) is 1.06. The molecule has 0 radical (unpaired) electrons. The molecule has 0 aliphatic carbocycles. The summed E-state index contributed by atoms with van der Waals surface area (Å²) < 4.78 is 16.3. The fraction of sp³-hybridized carbons (Fsp3) is 0.500. The van der Waals surface area contributed by atoms with Gasteiger partial charge in [0.2, 0.25) is 0 Å². The van der Waals surface area contributed by atoms with Crippen molar-refractivity contribution in [2.24, 2.45) is 0 Å². The highest BCUT2D eigenvalue weighted by atomic mass is 16.5. The molecular weight excluding hydrogens is 206 g/mol. The van der Waals surface area contributed by atoms with Gasteiger partial charge >= 0.3 is 0 Å². The van der Waals surface area contributed by atoms with E-state index in [4.69, 9.17) is 14.2 Å². The highest BCUT2D eigenvalue weighted by Gasteiger charge is 2.11. The monoisotopic (exact) mass is 223 g/mol. The molecule has 0 fully saturated rings. The molecule has 0 aromatic heterocycles. The van der Waals surface area contributed by atoms with Crippen LogP contribution < -0.4 is 14.4 Å². The van der Waals surface area contributed by atoms with Gasteiger partial charge in [0.1, 0.15) is 6.73 Å². The van der Waals surface area contributed by atoms with Crippen LogP contribution in [0.4, 0.5) is 5.69 Å². The van der Waals surface area contributed by atoms with Crippen molar-refractivity contribution in [2.75, 3.05) is 39.0 Å². The van der Waals surface area contributed by atoms with Gasteiger partial charge in [-0.2, -0.15) is 0 Å². The number of ether oxygens (including phenoxy) is 3. The summed E-state index contributed by atoms with van der Waals surface area (Å²) in [5, 5.41) is 0. The lowest BCUT2D eigenvalue weighted by atomic mass is 10.2. The zero-order valence-electron chi connectivity index (χ0n) is 9.73. The van der Waals surface area contributed by atoms with E-state index in [0.717, 1.165) is 30.2 Å². The molecule has 1 aromatic carbocycles. The molecule has 0 bridgehead atoms. The van der Waals surface area contributed by atoms with E-state index in [1.165, 1.54) is 0 Å². The lowest BCUT2D eigenvalue weighted by molar-refractivity contribution is 0.202. The van der Waals surface area contributed by atoms with Gasteiger partial charge in [0, 0.05) is 32.3 Å². The molecule has 4 nitrogen and oxygen atoms in total. The predicted octanol–water partition coefficient (Wildman–Crippen LogP) is 1.89. The number of nitrogens with zero attached hydrogens (tertiary/aromatic N) is 1. The van der Waals surface area contributed by atoms with Gasteiger partial charge in [-0.1, -0.05) is 0 Å². The molecule has 1 aromatic rings. The highest BCUT2D eigenvalue weighted by Crippen LogP contribution is 2.33. The van der Waals surface area contributed by atoms with Gasteiger partial charge in [-0.3, -0.25) is 0 Å². The summed E-state index contributed by atoms with van der Waals surface area (Å²) >= 11 is 0. The lowest BCUT2D eigenvalue weighted by Gasteiger charge is -2.19. The van der Waals surface area contributed by atoms with E-state index in [1.54, 1.807) is 7.11 Å². The van der Waals surface area contributed by atoms with Crippen LogP contribution in [-0.4, -0.2) is 34.1 Å². The Bertz CT molecular complexity index is 354. The average Bonchev–Trinajstić information content (AvgIpc) is 2.53. The van der Waals surface area contributed by atoms with Crippen molar-refractivity contribution in [3.8, 4) is 11.5 Å². The third-order valence-corrected chi connectivity index (χ3v) is 2.49. The number of anilines is 1. The minimum absolute atomic E-state index is 0.555. The average molecular weight is 223 g/mol. The van der Waals surface area contributed by atoms with Gasteiger partial charge in [-0.25, -0.2) is 0 Å². The van der Waals surface area contributed by atoms with Crippen molar-refractivity contribution in [1.29, 1.82) is 0 Å². The van der Waals surface area contributed by atoms with Crippen LogP contribution in [0.3, 0.4) is 0 Å². The number of benzene rings is 1. The number of methoxy groups -OCH3 is 1.